The Balaban J connectivity index is 2.03. The van der Waals surface area contributed by atoms with Gasteiger partial charge in [-0.05, 0) is 23.8 Å². The number of carbonyl (C=O) groups excluding carboxylic acids is 3. The third-order valence-corrected chi connectivity index (χ3v) is 4.73. The summed E-state index contributed by atoms with van der Waals surface area (Å²) in [5, 5.41) is 2.20. The van der Waals surface area contributed by atoms with E-state index >= 15 is 0 Å². The highest BCUT2D eigenvalue weighted by molar-refractivity contribution is 6.39. The fourth-order valence-corrected chi connectivity index (χ4v) is 3.12. The summed E-state index contributed by atoms with van der Waals surface area (Å²) >= 11 is 0. The Morgan fingerprint density at radius 2 is 1.48 bits per heavy atom. The van der Waals surface area contributed by atoms with E-state index in [4.69, 9.17) is 14.2 Å². The molecule has 0 aliphatic carbocycles. The molecule has 162 valence electrons. The van der Waals surface area contributed by atoms with Crippen LogP contribution in [0.4, 0.5) is 16.2 Å². The monoisotopic (exact) mass is 425 g/mol. The van der Waals surface area contributed by atoms with Gasteiger partial charge in [-0.25, -0.2) is 9.69 Å². The third kappa shape index (κ3) is 4.16. The number of hydrogen-bond acceptors (Lipinski definition) is 7. The lowest BCUT2D eigenvalue weighted by molar-refractivity contribution is -0.122. The van der Waals surface area contributed by atoms with E-state index in [1.807, 2.05) is 31.1 Å². The standard InChI is InChI=1S/C22H23N3O6/c1-24(2)14-8-6-13(7-9-14)10-16-20(26)23-22(28)25(21(16)27)15-11-17(29-3)19(31-5)18(12-15)30-4/h6-12H,1-5H3,(H,23,26,28)/b16-10-. The number of anilines is 2. The average Bonchev–Trinajstić information content (AvgIpc) is 2.75. The lowest BCUT2D eigenvalue weighted by atomic mass is 10.1. The van der Waals surface area contributed by atoms with Crippen molar-refractivity contribution in [2.75, 3.05) is 45.2 Å². The smallest absolute Gasteiger partial charge is 0.335 e. The summed E-state index contributed by atoms with van der Waals surface area (Å²) in [7, 11) is 8.11. The van der Waals surface area contributed by atoms with Crippen molar-refractivity contribution >= 4 is 35.3 Å². The lowest BCUT2D eigenvalue weighted by Crippen LogP contribution is -2.54. The first kappa shape index (κ1) is 21.7. The number of carbonyl (C=O) groups is 3. The zero-order valence-corrected chi connectivity index (χ0v) is 17.9. The molecule has 0 spiro atoms. The van der Waals surface area contributed by atoms with Crippen LogP contribution in [0.25, 0.3) is 6.08 Å². The summed E-state index contributed by atoms with van der Waals surface area (Å²) in [6.07, 6.45) is 1.44. The summed E-state index contributed by atoms with van der Waals surface area (Å²) in [6.45, 7) is 0. The molecule has 1 heterocycles. The van der Waals surface area contributed by atoms with Gasteiger partial charge in [-0.3, -0.25) is 14.9 Å². The molecule has 2 aromatic carbocycles. The lowest BCUT2D eigenvalue weighted by Gasteiger charge is -2.27. The molecule has 4 amide bonds. The SMILES string of the molecule is COc1cc(N2C(=O)NC(=O)/C(=C/c3ccc(N(C)C)cc3)C2=O)cc(OC)c1OC. The quantitative estimate of drug-likeness (QED) is 0.561. The predicted octanol–water partition coefficient (Wildman–Crippen LogP) is 2.44. The number of methoxy groups -OCH3 is 3. The third-order valence-electron chi connectivity index (χ3n) is 4.73. The van der Waals surface area contributed by atoms with Crippen molar-refractivity contribution in [2.24, 2.45) is 0 Å². The molecule has 0 saturated carbocycles. The van der Waals surface area contributed by atoms with Gasteiger partial charge in [0.25, 0.3) is 11.8 Å². The van der Waals surface area contributed by atoms with Gasteiger partial charge >= 0.3 is 6.03 Å². The number of nitrogens with one attached hydrogen (secondary N) is 1. The van der Waals surface area contributed by atoms with Gasteiger partial charge in [0.05, 0.1) is 27.0 Å². The van der Waals surface area contributed by atoms with E-state index in [1.54, 1.807) is 12.1 Å². The summed E-state index contributed by atoms with van der Waals surface area (Å²) in [4.78, 5) is 40.8. The van der Waals surface area contributed by atoms with Crippen LogP contribution in [0.1, 0.15) is 5.56 Å². The molecule has 0 unspecified atom stereocenters. The Bertz CT molecular complexity index is 1030. The first-order valence-electron chi connectivity index (χ1n) is 9.29. The van der Waals surface area contributed by atoms with Crippen LogP contribution >= 0.6 is 0 Å². The molecule has 2 aromatic rings. The normalized spacial score (nSPS) is 15.1. The van der Waals surface area contributed by atoms with Crippen LogP contribution in [0.2, 0.25) is 0 Å². The van der Waals surface area contributed by atoms with Gasteiger partial charge in [-0.2, -0.15) is 0 Å². The van der Waals surface area contributed by atoms with Crippen LogP contribution in [0, 0.1) is 0 Å². The van der Waals surface area contributed by atoms with Gasteiger partial charge in [-0.15, -0.1) is 0 Å². The van der Waals surface area contributed by atoms with E-state index in [0.29, 0.717) is 11.3 Å². The highest BCUT2D eigenvalue weighted by Crippen LogP contribution is 2.41. The Labute approximate surface area is 179 Å². The molecule has 0 radical (unpaired) electrons. The first-order chi connectivity index (χ1) is 14.8. The minimum atomic E-state index is -0.871. The molecule has 0 aromatic heterocycles. The van der Waals surface area contributed by atoms with Gasteiger partial charge in [-0.1, -0.05) is 12.1 Å². The van der Waals surface area contributed by atoms with Crippen molar-refractivity contribution < 1.29 is 28.6 Å². The highest BCUT2D eigenvalue weighted by Gasteiger charge is 2.37. The zero-order chi connectivity index (χ0) is 22.7. The largest absolute Gasteiger partial charge is 0.493 e. The second kappa shape index (κ2) is 8.78. The number of benzene rings is 2. The van der Waals surface area contributed by atoms with Crippen molar-refractivity contribution in [2.45, 2.75) is 0 Å². The fourth-order valence-electron chi connectivity index (χ4n) is 3.12. The number of imide groups is 2. The minimum Gasteiger partial charge on any atom is -0.493 e. The van der Waals surface area contributed by atoms with E-state index in [9.17, 15) is 14.4 Å². The maximum atomic E-state index is 13.1. The number of hydrogen-bond donors (Lipinski definition) is 1. The fraction of sp³-hybridized carbons (Fsp3) is 0.227. The van der Waals surface area contributed by atoms with Crippen LogP contribution in [-0.2, 0) is 9.59 Å². The molecule has 1 aliphatic rings. The van der Waals surface area contributed by atoms with Crippen molar-refractivity contribution in [1.82, 2.24) is 5.32 Å². The van der Waals surface area contributed by atoms with E-state index in [2.05, 4.69) is 5.32 Å². The number of nitrogens with zero attached hydrogens (tertiary/aromatic N) is 2. The molecule has 0 atom stereocenters. The molecule has 1 fully saturated rings. The number of ether oxygens (including phenoxy) is 3. The van der Waals surface area contributed by atoms with Gasteiger partial charge in [0.15, 0.2) is 11.5 Å². The van der Waals surface area contributed by atoms with Gasteiger partial charge in [0.2, 0.25) is 5.75 Å². The van der Waals surface area contributed by atoms with Crippen LogP contribution in [0.5, 0.6) is 17.2 Å². The van der Waals surface area contributed by atoms with Crippen LogP contribution in [0.3, 0.4) is 0 Å². The number of amides is 4. The maximum Gasteiger partial charge on any atom is 0.335 e. The topological polar surface area (TPSA) is 97.4 Å². The molecule has 1 saturated heterocycles. The van der Waals surface area contributed by atoms with E-state index in [0.717, 1.165) is 10.6 Å². The molecule has 31 heavy (non-hydrogen) atoms. The maximum absolute atomic E-state index is 13.1. The number of rotatable bonds is 6. The van der Waals surface area contributed by atoms with Gasteiger partial charge in [0, 0.05) is 31.9 Å². The Kier molecular flexibility index (Phi) is 6.15. The summed E-state index contributed by atoms with van der Waals surface area (Å²) in [5.74, 6) is -0.695. The molecule has 1 N–H and O–H groups in total. The molecular formula is C22H23N3O6. The molecule has 1 aliphatic heterocycles. The molecular weight excluding hydrogens is 402 g/mol. The second-order valence-electron chi connectivity index (χ2n) is 6.83. The van der Waals surface area contributed by atoms with Crippen LogP contribution in [-0.4, -0.2) is 53.3 Å². The van der Waals surface area contributed by atoms with E-state index < -0.39 is 17.8 Å². The average molecular weight is 425 g/mol. The van der Waals surface area contributed by atoms with Crippen LogP contribution < -0.4 is 29.3 Å². The van der Waals surface area contributed by atoms with Crippen molar-refractivity contribution in [3.63, 3.8) is 0 Å². The zero-order valence-electron chi connectivity index (χ0n) is 17.9. The van der Waals surface area contributed by atoms with Crippen molar-refractivity contribution in [3.05, 3.63) is 47.5 Å². The first-order valence-corrected chi connectivity index (χ1v) is 9.29. The highest BCUT2D eigenvalue weighted by atomic mass is 16.5. The molecule has 3 rings (SSSR count). The van der Waals surface area contributed by atoms with Gasteiger partial charge in [0.1, 0.15) is 5.57 Å². The summed E-state index contributed by atoms with van der Waals surface area (Å²) in [6, 6.07) is 9.33. The minimum absolute atomic E-state index is 0.165. The Hall–Kier alpha value is -4.01. The second-order valence-corrected chi connectivity index (χ2v) is 6.83. The van der Waals surface area contributed by atoms with Gasteiger partial charge < -0.3 is 19.1 Å². The number of barbiturate groups is 1. The Morgan fingerprint density at radius 1 is 0.903 bits per heavy atom. The van der Waals surface area contributed by atoms with Crippen molar-refractivity contribution in [1.29, 1.82) is 0 Å². The van der Waals surface area contributed by atoms with E-state index in [-0.39, 0.29) is 22.8 Å². The van der Waals surface area contributed by atoms with E-state index in [1.165, 1.54) is 39.5 Å². The van der Waals surface area contributed by atoms with Crippen LogP contribution in [0.15, 0.2) is 42.0 Å². The Morgan fingerprint density at radius 3 is 1.97 bits per heavy atom. The molecule has 9 heteroatoms. The summed E-state index contributed by atoms with van der Waals surface area (Å²) in [5.41, 5.74) is 1.60. The summed E-state index contributed by atoms with van der Waals surface area (Å²) < 4.78 is 15.9. The molecule has 9 nitrogen and oxygen atoms in total. The number of urea groups is 1. The molecule has 0 bridgehead atoms. The predicted molar refractivity (Wildman–Crippen MR) is 116 cm³/mol. The van der Waals surface area contributed by atoms with Crippen molar-refractivity contribution in [3.8, 4) is 17.2 Å².